The maximum atomic E-state index is 14.0. The van der Waals surface area contributed by atoms with Crippen molar-refractivity contribution < 1.29 is 52.6 Å². The number of aliphatic hydroxyl groups is 1. The summed E-state index contributed by atoms with van der Waals surface area (Å²) >= 11 is 0. The minimum Gasteiger partial charge on any atom is -0.456 e. The van der Waals surface area contributed by atoms with E-state index in [1.807, 2.05) is 20.8 Å². The molecule has 2 aromatic carbocycles. The van der Waals surface area contributed by atoms with Gasteiger partial charge in [0.1, 0.15) is 35.6 Å². The van der Waals surface area contributed by atoms with Gasteiger partial charge in [0, 0.05) is 25.7 Å². The summed E-state index contributed by atoms with van der Waals surface area (Å²) < 4.78 is 45.6. The van der Waals surface area contributed by atoms with Crippen LogP contribution in [0.5, 0.6) is 0 Å². The first-order valence-corrected chi connectivity index (χ1v) is 17.0. The van der Waals surface area contributed by atoms with Gasteiger partial charge in [0.05, 0.1) is 22.6 Å². The monoisotopic (exact) mass is 674 g/mol. The predicted molar refractivity (Wildman–Crippen MR) is 171 cm³/mol. The van der Waals surface area contributed by atoms with E-state index in [4.69, 9.17) is 33.2 Å². The molecule has 3 aliphatic carbocycles. The summed E-state index contributed by atoms with van der Waals surface area (Å²) in [5.74, 6) is -6.05. The average Bonchev–Trinajstić information content (AvgIpc) is 3.65. The van der Waals surface area contributed by atoms with Gasteiger partial charge in [-0.15, -0.1) is 0 Å². The van der Waals surface area contributed by atoms with Gasteiger partial charge in [-0.25, -0.2) is 9.59 Å². The zero-order valence-corrected chi connectivity index (χ0v) is 28.4. The molecule has 9 rings (SSSR count). The molecule has 3 saturated carbocycles. The first-order chi connectivity index (χ1) is 23.1. The Hall–Kier alpha value is -3.61. The lowest BCUT2D eigenvalue weighted by Gasteiger charge is -2.62. The minimum atomic E-state index is -1.74. The Morgan fingerprint density at radius 2 is 1.37 bits per heavy atom. The Labute approximate surface area is 284 Å². The van der Waals surface area contributed by atoms with Crippen LogP contribution in [0.2, 0.25) is 0 Å². The lowest BCUT2D eigenvalue weighted by Crippen LogP contribution is -2.80. The molecule has 4 heterocycles. The molecule has 7 fully saturated rings. The van der Waals surface area contributed by atoms with Gasteiger partial charge >= 0.3 is 17.9 Å². The normalized spacial score (nSPS) is 46.8. The van der Waals surface area contributed by atoms with Gasteiger partial charge in [0.15, 0.2) is 11.7 Å². The van der Waals surface area contributed by atoms with Crippen LogP contribution >= 0.6 is 0 Å². The number of ether oxygens (including phenoxy) is 7. The fourth-order valence-electron chi connectivity index (χ4n) is 10.5. The number of hydrogen-bond acceptors (Lipinski definition) is 11. The Kier molecular flexibility index (Phi) is 6.96. The Morgan fingerprint density at radius 3 is 1.92 bits per heavy atom. The molecule has 2 aromatic rings. The van der Waals surface area contributed by atoms with Crippen LogP contribution in [-0.4, -0.2) is 81.9 Å². The third-order valence-corrected chi connectivity index (χ3v) is 12.3. The molecule has 260 valence electrons. The number of esters is 3. The summed E-state index contributed by atoms with van der Waals surface area (Å²) in [6.07, 6.45) is -4.54. The molecule has 4 saturated heterocycles. The highest BCUT2D eigenvalue weighted by Crippen LogP contribution is 2.73. The van der Waals surface area contributed by atoms with Crippen LogP contribution in [-0.2, 0) is 38.0 Å². The van der Waals surface area contributed by atoms with Crippen LogP contribution in [0.3, 0.4) is 0 Å². The lowest BCUT2D eigenvalue weighted by atomic mass is 9.53. The summed E-state index contributed by atoms with van der Waals surface area (Å²) in [4.78, 5) is 40.6. The molecule has 7 aliphatic rings. The van der Waals surface area contributed by atoms with Crippen molar-refractivity contribution in [2.75, 3.05) is 0 Å². The highest BCUT2D eigenvalue weighted by atomic mass is 16.9. The number of carbonyl (C=O) groups excluding carboxylic acids is 3. The van der Waals surface area contributed by atoms with E-state index in [1.54, 1.807) is 74.5 Å². The highest BCUT2D eigenvalue weighted by molar-refractivity contribution is 5.90. The molecule has 1 spiro atoms. The van der Waals surface area contributed by atoms with Crippen LogP contribution < -0.4 is 0 Å². The van der Waals surface area contributed by atoms with Crippen molar-refractivity contribution in [3.63, 3.8) is 0 Å². The Bertz CT molecular complexity index is 1730. The molecule has 11 nitrogen and oxygen atoms in total. The van der Waals surface area contributed by atoms with Gasteiger partial charge in [-0.2, -0.15) is 0 Å². The predicted octanol–water partition coefficient (Wildman–Crippen LogP) is 4.37. The van der Waals surface area contributed by atoms with Crippen LogP contribution in [0, 0.1) is 23.7 Å². The number of carbonyl (C=O) groups is 3. The van der Waals surface area contributed by atoms with Gasteiger partial charge in [-0.3, -0.25) is 4.79 Å². The maximum absolute atomic E-state index is 14.0. The fraction of sp³-hybridized carbons (Fsp3) is 0.553. The summed E-state index contributed by atoms with van der Waals surface area (Å²) in [5, 5.41) is 13.6. The number of fused-ring (bicyclic) bond motifs is 1. The maximum Gasteiger partial charge on any atom is 0.338 e. The third-order valence-electron chi connectivity index (χ3n) is 12.3. The van der Waals surface area contributed by atoms with Crippen molar-refractivity contribution >= 4 is 17.9 Å². The van der Waals surface area contributed by atoms with E-state index in [1.165, 1.54) is 6.92 Å². The molecule has 1 N–H and O–H groups in total. The number of rotatable bonds is 6. The molecule has 0 aromatic heterocycles. The van der Waals surface area contributed by atoms with E-state index >= 15 is 0 Å². The van der Waals surface area contributed by atoms with Crippen LogP contribution in [0.1, 0.15) is 68.7 Å². The second kappa shape index (κ2) is 10.5. The van der Waals surface area contributed by atoms with E-state index in [2.05, 4.69) is 6.58 Å². The zero-order chi connectivity index (χ0) is 34.9. The zero-order valence-electron chi connectivity index (χ0n) is 28.4. The molecule has 4 bridgehead atoms. The molecule has 49 heavy (non-hydrogen) atoms. The summed E-state index contributed by atoms with van der Waals surface area (Å²) in [6, 6.07) is 17.1. The van der Waals surface area contributed by atoms with Gasteiger partial charge in [-0.1, -0.05) is 56.8 Å². The fourth-order valence-corrected chi connectivity index (χ4v) is 10.5. The third kappa shape index (κ3) is 4.05. The van der Waals surface area contributed by atoms with E-state index in [-0.39, 0.29) is 11.5 Å². The molecular weight excluding hydrogens is 632 g/mol. The molecule has 0 amide bonds. The molecule has 14 atom stereocenters. The van der Waals surface area contributed by atoms with Crippen molar-refractivity contribution in [2.24, 2.45) is 23.7 Å². The number of benzene rings is 2. The second-order valence-electron chi connectivity index (χ2n) is 15.1. The summed E-state index contributed by atoms with van der Waals surface area (Å²) in [6.45, 7) is 14.6. The van der Waals surface area contributed by atoms with Crippen LogP contribution in [0.25, 0.3) is 0 Å². The van der Waals surface area contributed by atoms with Gasteiger partial charge < -0.3 is 38.3 Å². The minimum absolute atomic E-state index is 0.289. The first kappa shape index (κ1) is 32.6. The molecule has 4 aliphatic heterocycles. The lowest BCUT2D eigenvalue weighted by molar-refractivity contribution is -0.389. The van der Waals surface area contributed by atoms with Crippen molar-refractivity contribution in [3.05, 3.63) is 83.9 Å². The van der Waals surface area contributed by atoms with E-state index < -0.39 is 94.6 Å². The molecule has 0 radical (unpaired) electrons. The van der Waals surface area contributed by atoms with Crippen molar-refractivity contribution in [1.29, 1.82) is 0 Å². The average molecular weight is 675 g/mol. The SMILES string of the molecule is C=C(C)[C@@]12OC3(C)O[C@@H]1[C@@H]1[C@H](OC(=O)c4ccccc4)[C@@]4(C)O[C@@]5([C@@H]4OC(C)=O)[C@@H](OC(=O)c4ccccc4)[C@@H](C)C[C@H]5[C@@]1(O)[C@H](C)[C@@H]2O3. The van der Waals surface area contributed by atoms with Gasteiger partial charge in [0.25, 0.3) is 5.97 Å². The van der Waals surface area contributed by atoms with Crippen molar-refractivity contribution in [3.8, 4) is 0 Å². The van der Waals surface area contributed by atoms with Crippen LogP contribution in [0.15, 0.2) is 72.8 Å². The van der Waals surface area contributed by atoms with E-state index in [9.17, 15) is 19.5 Å². The standard InChI is InChI=1S/C38H42O11/c1-19(2)37-28-21(4)36(42)25-18-20(3)27(44-31(40)23-14-10-8-11-15-23)38(25)33(43-22(5)39)34(6,48-38)29(45-32(41)24-16-12-9-13-17-24)26(36)30(37)47-35(7,46-28)49-37/h8-17,20-21,25-30,33,42H,1,18H2,2-7H3/t20-,21+,25-,26-,27-,28-,29-,30+,33+,34+,35?,36-,37-,38+/m0/s1. The topological polar surface area (TPSA) is 136 Å². The number of hydrogen-bond donors (Lipinski definition) is 1. The van der Waals surface area contributed by atoms with Gasteiger partial charge in [-0.05, 0) is 56.0 Å². The Morgan fingerprint density at radius 1 is 0.816 bits per heavy atom. The molecular formula is C38H42O11. The Balaban J connectivity index is 1.33. The quantitative estimate of drug-likeness (QED) is 0.266. The van der Waals surface area contributed by atoms with Crippen LogP contribution in [0.4, 0.5) is 0 Å². The molecule has 11 heteroatoms. The second-order valence-corrected chi connectivity index (χ2v) is 15.1. The van der Waals surface area contributed by atoms with E-state index in [0.29, 0.717) is 17.6 Å². The molecule has 1 unspecified atom stereocenters. The first-order valence-electron chi connectivity index (χ1n) is 17.0. The van der Waals surface area contributed by atoms with Crippen molar-refractivity contribution in [1.82, 2.24) is 0 Å². The van der Waals surface area contributed by atoms with Crippen molar-refractivity contribution in [2.45, 2.75) is 107 Å². The smallest absolute Gasteiger partial charge is 0.338 e. The largest absolute Gasteiger partial charge is 0.456 e. The summed E-state index contributed by atoms with van der Waals surface area (Å²) in [5.41, 5.74) is -4.68. The van der Waals surface area contributed by atoms with E-state index in [0.717, 1.165) is 0 Å². The summed E-state index contributed by atoms with van der Waals surface area (Å²) in [7, 11) is 0. The highest BCUT2D eigenvalue weighted by Gasteiger charge is 2.90. The van der Waals surface area contributed by atoms with Gasteiger partial charge in [0.2, 0.25) is 0 Å².